The molecule has 0 bridgehead atoms. The number of hydrogen-bond acceptors (Lipinski definition) is 3. The van der Waals surface area contributed by atoms with E-state index in [9.17, 15) is 9.59 Å². The topological polar surface area (TPSA) is 60.3 Å². The fraction of sp³-hybridized carbons (Fsp3) is 0.444. The molecule has 1 aromatic heterocycles. The van der Waals surface area contributed by atoms with Crippen LogP contribution in [0.15, 0.2) is 30.5 Å². The van der Waals surface area contributed by atoms with Gasteiger partial charge in [0, 0.05) is 42.2 Å². The minimum Gasteiger partial charge on any atom is -0.379 e. The van der Waals surface area contributed by atoms with E-state index in [4.69, 9.17) is 4.74 Å². The number of ketones is 1. The first-order chi connectivity index (χ1) is 11.1. The quantitative estimate of drug-likeness (QED) is 0.863. The summed E-state index contributed by atoms with van der Waals surface area (Å²) < 4.78 is 7.36. The second-order valence-electron chi connectivity index (χ2n) is 6.04. The van der Waals surface area contributed by atoms with Gasteiger partial charge in [-0.05, 0) is 25.8 Å². The first-order valence-corrected chi connectivity index (χ1v) is 8.11. The van der Waals surface area contributed by atoms with Crippen molar-refractivity contribution in [2.45, 2.75) is 38.8 Å². The Hall–Kier alpha value is -2.14. The largest absolute Gasteiger partial charge is 0.379 e. The Morgan fingerprint density at radius 3 is 2.91 bits per heavy atom. The average Bonchev–Trinajstić information content (AvgIpc) is 2.93. The van der Waals surface area contributed by atoms with Gasteiger partial charge in [-0.1, -0.05) is 18.2 Å². The summed E-state index contributed by atoms with van der Waals surface area (Å²) in [5.74, 6) is 0.0754. The number of nitrogens with one attached hydrogen (secondary N) is 1. The van der Waals surface area contributed by atoms with E-state index in [1.165, 1.54) is 0 Å². The lowest BCUT2D eigenvalue weighted by Gasteiger charge is -2.23. The van der Waals surface area contributed by atoms with Crippen molar-refractivity contribution in [2.24, 2.45) is 0 Å². The lowest BCUT2D eigenvalue weighted by atomic mass is 10.1. The lowest BCUT2D eigenvalue weighted by molar-refractivity contribution is -0.122. The van der Waals surface area contributed by atoms with Crippen LogP contribution in [-0.4, -0.2) is 35.5 Å². The molecule has 1 fully saturated rings. The average molecular weight is 314 g/mol. The molecule has 1 aliphatic heterocycles. The van der Waals surface area contributed by atoms with Crippen LogP contribution in [0.25, 0.3) is 10.9 Å². The number of amides is 1. The molecule has 2 aromatic rings. The number of benzene rings is 1. The number of carbonyl (C=O) groups excluding carboxylic acids is 2. The smallest absolute Gasteiger partial charge is 0.222 e. The normalized spacial score (nSPS) is 18.0. The molecule has 122 valence electrons. The Bertz CT molecular complexity index is 714. The highest BCUT2D eigenvalue weighted by atomic mass is 16.5. The van der Waals surface area contributed by atoms with Gasteiger partial charge < -0.3 is 14.6 Å². The highest BCUT2D eigenvalue weighted by molar-refractivity contribution is 6.06. The monoisotopic (exact) mass is 314 g/mol. The zero-order valence-electron chi connectivity index (χ0n) is 13.4. The molecule has 0 unspecified atom stereocenters. The van der Waals surface area contributed by atoms with Crippen LogP contribution in [0.4, 0.5) is 0 Å². The molecule has 1 amide bonds. The molecule has 0 spiro atoms. The summed E-state index contributed by atoms with van der Waals surface area (Å²) in [4.78, 5) is 23.9. The summed E-state index contributed by atoms with van der Waals surface area (Å²) in [6.45, 7) is 3.53. The number of fused-ring (bicyclic) bond motifs is 1. The Balaban J connectivity index is 1.67. The number of para-hydroxylation sites is 1. The van der Waals surface area contributed by atoms with Crippen molar-refractivity contribution < 1.29 is 14.3 Å². The molecule has 5 nitrogen and oxygen atoms in total. The molecule has 1 atom stereocenters. The van der Waals surface area contributed by atoms with Crippen LogP contribution >= 0.6 is 0 Å². The third-order valence-electron chi connectivity index (χ3n) is 4.27. The minimum atomic E-state index is 0.0302. The molecular weight excluding hydrogens is 292 g/mol. The van der Waals surface area contributed by atoms with Crippen LogP contribution < -0.4 is 5.32 Å². The number of carbonyl (C=O) groups is 2. The summed E-state index contributed by atoms with van der Waals surface area (Å²) in [5, 5.41) is 3.97. The van der Waals surface area contributed by atoms with Crippen molar-refractivity contribution in [1.82, 2.24) is 9.88 Å². The van der Waals surface area contributed by atoms with Crippen molar-refractivity contribution in [3.05, 3.63) is 36.0 Å². The Morgan fingerprint density at radius 1 is 1.35 bits per heavy atom. The molecule has 0 aliphatic carbocycles. The minimum absolute atomic E-state index is 0.0302. The Labute approximate surface area is 135 Å². The summed E-state index contributed by atoms with van der Waals surface area (Å²) in [7, 11) is 0. The van der Waals surface area contributed by atoms with Gasteiger partial charge in [-0.3, -0.25) is 9.59 Å². The molecule has 2 heterocycles. The Morgan fingerprint density at radius 2 is 2.17 bits per heavy atom. The second kappa shape index (κ2) is 6.96. The van der Waals surface area contributed by atoms with Crippen LogP contribution in [0.1, 0.15) is 36.5 Å². The van der Waals surface area contributed by atoms with Gasteiger partial charge in [0.15, 0.2) is 5.78 Å². The van der Waals surface area contributed by atoms with E-state index in [1.54, 1.807) is 6.92 Å². The van der Waals surface area contributed by atoms with Crippen molar-refractivity contribution in [3.8, 4) is 0 Å². The summed E-state index contributed by atoms with van der Waals surface area (Å²) in [6.07, 6.45) is 4.22. The maximum Gasteiger partial charge on any atom is 0.222 e. The van der Waals surface area contributed by atoms with Gasteiger partial charge in [0.25, 0.3) is 0 Å². The van der Waals surface area contributed by atoms with Gasteiger partial charge in [0.2, 0.25) is 5.91 Å². The fourth-order valence-electron chi connectivity index (χ4n) is 3.09. The van der Waals surface area contributed by atoms with E-state index in [1.807, 2.05) is 35.0 Å². The second-order valence-corrected chi connectivity index (χ2v) is 6.04. The number of aromatic nitrogens is 1. The SMILES string of the molecule is CC(=O)c1cn(CCC(=O)N[C@H]2CCCOC2)c2ccccc12. The van der Waals surface area contributed by atoms with Crippen molar-refractivity contribution in [2.75, 3.05) is 13.2 Å². The van der Waals surface area contributed by atoms with E-state index >= 15 is 0 Å². The highest BCUT2D eigenvalue weighted by Gasteiger charge is 2.17. The van der Waals surface area contributed by atoms with Crippen molar-refractivity contribution >= 4 is 22.6 Å². The number of ether oxygens (including phenoxy) is 1. The molecule has 3 rings (SSSR count). The summed E-state index contributed by atoms with van der Waals surface area (Å²) in [6, 6.07) is 7.93. The maximum absolute atomic E-state index is 12.1. The van der Waals surface area contributed by atoms with Gasteiger partial charge in [-0.15, -0.1) is 0 Å². The van der Waals surface area contributed by atoms with E-state index < -0.39 is 0 Å². The number of nitrogens with zero attached hydrogens (tertiary/aromatic N) is 1. The number of rotatable bonds is 5. The van der Waals surface area contributed by atoms with E-state index in [2.05, 4.69) is 5.32 Å². The predicted octanol–water partition coefficient (Wildman–Crippen LogP) is 2.53. The lowest BCUT2D eigenvalue weighted by Crippen LogP contribution is -2.40. The number of aryl methyl sites for hydroxylation is 1. The highest BCUT2D eigenvalue weighted by Crippen LogP contribution is 2.22. The maximum atomic E-state index is 12.1. The van der Waals surface area contributed by atoms with Crippen LogP contribution in [-0.2, 0) is 16.1 Å². The number of Topliss-reactive ketones (excluding diaryl/α,β-unsaturated/α-hetero) is 1. The van der Waals surface area contributed by atoms with Crippen LogP contribution in [0.2, 0.25) is 0 Å². The van der Waals surface area contributed by atoms with Gasteiger partial charge in [-0.25, -0.2) is 0 Å². The van der Waals surface area contributed by atoms with Crippen molar-refractivity contribution in [1.29, 1.82) is 0 Å². The molecule has 23 heavy (non-hydrogen) atoms. The zero-order chi connectivity index (χ0) is 16.2. The van der Waals surface area contributed by atoms with Crippen LogP contribution in [0.5, 0.6) is 0 Å². The van der Waals surface area contributed by atoms with E-state index in [0.29, 0.717) is 25.1 Å². The zero-order valence-corrected chi connectivity index (χ0v) is 13.4. The molecule has 1 aliphatic rings. The number of hydrogen-bond donors (Lipinski definition) is 1. The van der Waals surface area contributed by atoms with E-state index in [-0.39, 0.29) is 17.7 Å². The molecular formula is C18H22N2O3. The van der Waals surface area contributed by atoms with E-state index in [0.717, 1.165) is 30.4 Å². The molecule has 1 saturated heterocycles. The predicted molar refractivity (Wildman–Crippen MR) is 88.5 cm³/mol. The summed E-state index contributed by atoms with van der Waals surface area (Å²) >= 11 is 0. The summed E-state index contributed by atoms with van der Waals surface area (Å²) in [5.41, 5.74) is 1.70. The molecule has 5 heteroatoms. The van der Waals surface area contributed by atoms with Crippen molar-refractivity contribution in [3.63, 3.8) is 0 Å². The molecule has 1 aromatic carbocycles. The van der Waals surface area contributed by atoms with Gasteiger partial charge >= 0.3 is 0 Å². The third kappa shape index (κ3) is 3.62. The molecule has 0 radical (unpaired) electrons. The molecule has 1 N–H and O–H groups in total. The van der Waals surface area contributed by atoms with Crippen LogP contribution in [0, 0.1) is 0 Å². The Kier molecular flexibility index (Phi) is 4.76. The molecule has 0 saturated carbocycles. The van der Waals surface area contributed by atoms with Gasteiger partial charge in [0.05, 0.1) is 12.6 Å². The van der Waals surface area contributed by atoms with Crippen LogP contribution in [0.3, 0.4) is 0 Å². The fourth-order valence-corrected chi connectivity index (χ4v) is 3.09. The van der Waals surface area contributed by atoms with Gasteiger partial charge in [0.1, 0.15) is 0 Å². The van der Waals surface area contributed by atoms with Gasteiger partial charge in [-0.2, -0.15) is 0 Å². The first-order valence-electron chi connectivity index (χ1n) is 8.11. The first kappa shape index (κ1) is 15.7. The standard InChI is InChI=1S/C18H22N2O3/c1-13(21)16-11-20(17-7-3-2-6-15(16)17)9-8-18(22)19-14-5-4-10-23-12-14/h2-3,6-7,11,14H,4-5,8-10,12H2,1H3,(H,19,22)/t14-/m0/s1. The third-order valence-corrected chi connectivity index (χ3v) is 4.27.